The highest BCUT2D eigenvalue weighted by atomic mass is 16.5. The summed E-state index contributed by atoms with van der Waals surface area (Å²) < 4.78 is 13.0. The standard InChI is InChI=1S/C25H27N7O3/c1-3-34-20-11-9-19(10-12-20)32-24-22(28-29-32)23(26-17-27-24)30-13-15-31(16-14-30)25(33)18(2)35-21-7-5-4-6-8-21/h4-12,17-18H,3,13-16H2,1-2H3. The Morgan fingerprint density at radius 1 is 0.971 bits per heavy atom. The molecule has 2 aromatic carbocycles. The Bertz CT molecular complexity index is 1290. The van der Waals surface area contributed by atoms with Crippen molar-refractivity contribution in [3.63, 3.8) is 0 Å². The lowest BCUT2D eigenvalue weighted by molar-refractivity contribution is -0.138. The van der Waals surface area contributed by atoms with Gasteiger partial charge < -0.3 is 19.3 Å². The van der Waals surface area contributed by atoms with Gasteiger partial charge in [-0.2, -0.15) is 4.68 Å². The SMILES string of the molecule is CCOc1ccc(-n2nnc3c(N4CCN(C(=O)C(C)Oc5ccccc5)CC4)ncnc32)cc1. The third-order valence-electron chi connectivity index (χ3n) is 5.91. The van der Waals surface area contributed by atoms with Crippen molar-refractivity contribution < 1.29 is 14.3 Å². The molecular formula is C25H27N7O3. The summed E-state index contributed by atoms with van der Waals surface area (Å²) in [7, 11) is 0. The maximum atomic E-state index is 12.9. The smallest absolute Gasteiger partial charge is 0.263 e. The molecule has 0 radical (unpaired) electrons. The first-order valence-corrected chi connectivity index (χ1v) is 11.7. The Morgan fingerprint density at radius 2 is 1.71 bits per heavy atom. The molecule has 0 aliphatic carbocycles. The molecule has 1 aliphatic heterocycles. The van der Waals surface area contributed by atoms with Gasteiger partial charge in [0.05, 0.1) is 12.3 Å². The Hall–Kier alpha value is -4.21. The zero-order chi connectivity index (χ0) is 24.2. The molecule has 0 spiro atoms. The van der Waals surface area contributed by atoms with Crippen molar-refractivity contribution >= 4 is 22.9 Å². The molecule has 3 heterocycles. The van der Waals surface area contributed by atoms with Gasteiger partial charge in [0.25, 0.3) is 5.91 Å². The molecule has 1 unspecified atom stereocenters. The average molecular weight is 474 g/mol. The lowest BCUT2D eigenvalue weighted by Crippen LogP contribution is -2.52. The molecule has 1 saturated heterocycles. The molecule has 35 heavy (non-hydrogen) atoms. The topological polar surface area (TPSA) is 98.5 Å². The fourth-order valence-electron chi connectivity index (χ4n) is 4.14. The van der Waals surface area contributed by atoms with Gasteiger partial charge in [-0.05, 0) is 50.2 Å². The summed E-state index contributed by atoms with van der Waals surface area (Å²) >= 11 is 0. The Morgan fingerprint density at radius 3 is 2.43 bits per heavy atom. The number of hydrogen-bond acceptors (Lipinski definition) is 8. The highest BCUT2D eigenvalue weighted by Crippen LogP contribution is 2.25. The van der Waals surface area contributed by atoms with E-state index in [0.717, 1.165) is 11.4 Å². The number of carbonyl (C=O) groups is 1. The van der Waals surface area contributed by atoms with Crippen molar-refractivity contribution in [2.45, 2.75) is 20.0 Å². The number of piperazine rings is 1. The zero-order valence-corrected chi connectivity index (χ0v) is 19.7. The number of nitrogens with zero attached hydrogens (tertiary/aromatic N) is 7. The molecule has 1 amide bonds. The monoisotopic (exact) mass is 473 g/mol. The number of hydrogen-bond donors (Lipinski definition) is 0. The number of para-hydroxylation sites is 1. The number of benzene rings is 2. The summed E-state index contributed by atoms with van der Waals surface area (Å²) in [5.74, 6) is 2.17. The maximum Gasteiger partial charge on any atom is 0.263 e. The van der Waals surface area contributed by atoms with E-state index in [9.17, 15) is 4.79 Å². The molecular weight excluding hydrogens is 446 g/mol. The van der Waals surface area contributed by atoms with Crippen LogP contribution in [0.4, 0.5) is 5.82 Å². The summed E-state index contributed by atoms with van der Waals surface area (Å²) in [6.07, 6.45) is 0.975. The van der Waals surface area contributed by atoms with Gasteiger partial charge in [0, 0.05) is 26.2 Å². The highest BCUT2D eigenvalue weighted by molar-refractivity contribution is 5.84. The highest BCUT2D eigenvalue weighted by Gasteiger charge is 2.28. The van der Waals surface area contributed by atoms with Gasteiger partial charge in [0.15, 0.2) is 23.1 Å². The van der Waals surface area contributed by atoms with E-state index in [0.29, 0.717) is 55.5 Å². The minimum Gasteiger partial charge on any atom is -0.494 e. The molecule has 1 aliphatic rings. The van der Waals surface area contributed by atoms with Crippen LogP contribution in [0.15, 0.2) is 60.9 Å². The summed E-state index contributed by atoms with van der Waals surface area (Å²) in [4.78, 5) is 25.8. The van der Waals surface area contributed by atoms with Crippen LogP contribution in [0, 0.1) is 0 Å². The number of aromatic nitrogens is 5. The molecule has 0 saturated carbocycles. The number of fused-ring (bicyclic) bond motifs is 1. The number of ether oxygens (including phenoxy) is 2. The lowest BCUT2D eigenvalue weighted by Gasteiger charge is -2.36. The summed E-state index contributed by atoms with van der Waals surface area (Å²) in [5.41, 5.74) is 2.09. The molecule has 180 valence electrons. The van der Waals surface area contributed by atoms with Crippen LogP contribution in [0.2, 0.25) is 0 Å². The summed E-state index contributed by atoms with van der Waals surface area (Å²) in [5, 5.41) is 8.69. The molecule has 0 N–H and O–H groups in total. The van der Waals surface area contributed by atoms with Crippen molar-refractivity contribution in [2.75, 3.05) is 37.7 Å². The summed E-state index contributed by atoms with van der Waals surface area (Å²) in [6.45, 7) is 6.75. The second kappa shape index (κ2) is 9.96. The van der Waals surface area contributed by atoms with E-state index < -0.39 is 6.10 Å². The van der Waals surface area contributed by atoms with Gasteiger partial charge in [-0.25, -0.2) is 9.97 Å². The Kier molecular flexibility index (Phi) is 6.42. The van der Waals surface area contributed by atoms with Gasteiger partial charge in [-0.15, -0.1) is 5.10 Å². The van der Waals surface area contributed by atoms with Gasteiger partial charge in [-0.1, -0.05) is 23.4 Å². The first-order chi connectivity index (χ1) is 17.1. The largest absolute Gasteiger partial charge is 0.494 e. The minimum atomic E-state index is -0.552. The number of rotatable bonds is 7. The van der Waals surface area contributed by atoms with Crippen molar-refractivity contribution in [3.05, 3.63) is 60.9 Å². The van der Waals surface area contributed by atoms with Gasteiger partial charge in [-0.3, -0.25) is 4.79 Å². The molecule has 10 nitrogen and oxygen atoms in total. The number of carbonyl (C=O) groups excluding carboxylic acids is 1. The molecule has 2 aromatic heterocycles. The van der Waals surface area contributed by atoms with E-state index in [1.54, 1.807) is 11.6 Å². The average Bonchev–Trinajstić information content (AvgIpc) is 3.34. The minimum absolute atomic E-state index is 0.0252. The Balaban J connectivity index is 1.27. The number of anilines is 1. The van der Waals surface area contributed by atoms with Crippen LogP contribution in [0.3, 0.4) is 0 Å². The van der Waals surface area contributed by atoms with Gasteiger partial charge >= 0.3 is 0 Å². The molecule has 0 bridgehead atoms. The van der Waals surface area contributed by atoms with E-state index in [1.165, 1.54) is 6.33 Å². The molecule has 4 aromatic rings. The van der Waals surface area contributed by atoms with E-state index in [2.05, 4.69) is 25.2 Å². The van der Waals surface area contributed by atoms with E-state index >= 15 is 0 Å². The normalized spacial score (nSPS) is 14.7. The van der Waals surface area contributed by atoms with Crippen LogP contribution in [-0.4, -0.2) is 74.7 Å². The van der Waals surface area contributed by atoms with Crippen LogP contribution >= 0.6 is 0 Å². The second-order valence-electron chi connectivity index (χ2n) is 8.18. The molecule has 1 atom stereocenters. The van der Waals surface area contributed by atoms with Gasteiger partial charge in [0.2, 0.25) is 0 Å². The van der Waals surface area contributed by atoms with E-state index in [-0.39, 0.29) is 5.91 Å². The van der Waals surface area contributed by atoms with Gasteiger partial charge in [0.1, 0.15) is 17.8 Å². The first kappa shape index (κ1) is 22.6. The summed E-state index contributed by atoms with van der Waals surface area (Å²) in [6, 6.07) is 17.0. The predicted molar refractivity (Wildman–Crippen MR) is 131 cm³/mol. The van der Waals surface area contributed by atoms with Crippen LogP contribution in [0.5, 0.6) is 11.5 Å². The molecule has 1 fully saturated rings. The van der Waals surface area contributed by atoms with Crippen LogP contribution in [0.25, 0.3) is 16.9 Å². The maximum absolute atomic E-state index is 12.9. The van der Waals surface area contributed by atoms with E-state index in [1.807, 2.05) is 66.4 Å². The lowest BCUT2D eigenvalue weighted by atomic mass is 10.2. The third-order valence-corrected chi connectivity index (χ3v) is 5.91. The van der Waals surface area contributed by atoms with Crippen LogP contribution < -0.4 is 14.4 Å². The zero-order valence-electron chi connectivity index (χ0n) is 19.7. The van der Waals surface area contributed by atoms with Crippen LogP contribution in [0.1, 0.15) is 13.8 Å². The fourth-order valence-corrected chi connectivity index (χ4v) is 4.14. The third kappa shape index (κ3) is 4.72. The first-order valence-electron chi connectivity index (χ1n) is 11.7. The van der Waals surface area contributed by atoms with Crippen molar-refractivity contribution in [3.8, 4) is 17.2 Å². The second-order valence-corrected chi connectivity index (χ2v) is 8.18. The van der Waals surface area contributed by atoms with Crippen LogP contribution in [-0.2, 0) is 4.79 Å². The quantitative estimate of drug-likeness (QED) is 0.404. The number of amides is 1. The Labute approximate surface area is 203 Å². The molecule has 5 rings (SSSR count). The predicted octanol–water partition coefficient (Wildman–Crippen LogP) is 2.73. The van der Waals surface area contributed by atoms with E-state index in [4.69, 9.17) is 9.47 Å². The molecule has 10 heteroatoms. The van der Waals surface area contributed by atoms with Crippen molar-refractivity contribution in [2.24, 2.45) is 0 Å². The van der Waals surface area contributed by atoms with Crippen molar-refractivity contribution in [1.82, 2.24) is 29.9 Å². The fraction of sp³-hybridized carbons (Fsp3) is 0.320. The van der Waals surface area contributed by atoms with Crippen molar-refractivity contribution in [1.29, 1.82) is 0 Å².